The molecule has 2 amide bonds. The predicted molar refractivity (Wildman–Crippen MR) is 128 cm³/mol. The van der Waals surface area contributed by atoms with Gasteiger partial charge >= 0.3 is 12.1 Å². The number of carbonyl (C=O) groups is 3. The molecule has 3 N–H and O–H groups in total. The van der Waals surface area contributed by atoms with Gasteiger partial charge in [0.2, 0.25) is 0 Å². The monoisotopic (exact) mass is 475 g/mol. The van der Waals surface area contributed by atoms with Gasteiger partial charge in [-0.1, -0.05) is 48.5 Å². The second-order valence-corrected chi connectivity index (χ2v) is 7.89. The molecule has 2 aromatic carbocycles. The summed E-state index contributed by atoms with van der Waals surface area (Å²) in [7, 11) is 0. The molecule has 0 fully saturated rings. The largest absolute Gasteiger partial charge is 0.481 e. The number of nitrogens with one attached hydrogen (secondary N) is 2. The van der Waals surface area contributed by atoms with Gasteiger partial charge in [0.05, 0.1) is 31.5 Å². The molecule has 0 saturated heterocycles. The standard InChI is InChI=1S/C26H25N3O6/c30-24(31)11-13-34-14-12-27-25(32)23-10-9-17(15-28-23)29-26(33)35-16-22-20-7-3-1-5-18(20)19-6-2-4-8-21(19)22/h1-10,15,22H,11-14,16H2,(H,27,32)(H,29,33)(H,30,31). The minimum absolute atomic E-state index is 0.0366. The summed E-state index contributed by atoms with van der Waals surface area (Å²) in [6.07, 6.45) is 0.678. The highest BCUT2D eigenvalue weighted by molar-refractivity contribution is 5.93. The number of hydrogen-bond acceptors (Lipinski definition) is 6. The Bertz CT molecular complexity index is 1170. The number of anilines is 1. The molecule has 4 rings (SSSR count). The highest BCUT2D eigenvalue weighted by Crippen LogP contribution is 2.44. The van der Waals surface area contributed by atoms with Gasteiger partial charge in [-0.05, 0) is 34.4 Å². The molecule has 0 atom stereocenters. The molecule has 1 heterocycles. The zero-order valence-corrected chi connectivity index (χ0v) is 18.9. The smallest absolute Gasteiger partial charge is 0.411 e. The summed E-state index contributed by atoms with van der Waals surface area (Å²) in [6.45, 7) is 0.697. The Balaban J connectivity index is 1.25. The van der Waals surface area contributed by atoms with Gasteiger partial charge in [0, 0.05) is 12.5 Å². The number of carboxylic acid groups (broad SMARTS) is 1. The first kappa shape index (κ1) is 23.9. The van der Waals surface area contributed by atoms with Crippen molar-refractivity contribution in [2.24, 2.45) is 0 Å². The molecule has 3 aromatic rings. The zero-order valence-electron chi connectivity index (χ0n) is 18.9. The van der Waals surface area contributed by atoms with Crippen LogP contribution in [0.15, 0.2) is 66.9 Å². The van der Waals surface area contributed by atoms with Crippen LogP contribution in [0.25, 0.3) is 11.1 Å². The molecular weight excluding hydrogens is 450 g/mol. The maximum Gasteiger partial charge on any atom is 0.411 e. The van der Waals surface area contributed by atoms with Crippen molar-refractivity contribution < 1.29 is 29.0 Å². The Morgan fingerprint density at radius 3 is 2.23 bits per heavy atom. The third-order valence-corrected chi connectivity index (χ3v) is 5.58. The third kappa shape index (κ3) is 6.01. The van der Waals surface area contributed by atoms with Crippen LogP contribution in [0.3, 0.4) is 0 Å². The second kappa shape index (κ2) is 11.3. The SMILES string of the molecule is O=C(O)CCOCCNC(=O)c1ccc(NC(=O)OCC2c3ccccc3-c3ccccc32)cn1. The molecule has 9 heteroatoms. The van der Waals surface area contributed by atoms with Crippen molar-refractivity contribution in [3.8, 4) is 11.1 Å². The van der Waals surface area contributed by atoms with E-state index in [1.807, 2.05) is 24.3 Å². The van der Waals surface area contributed by atoms with Crippen LogP contribution in [-0.4, -0.2) is 54.4 Å². The van der Waals surface area contributed by atoms with Crippen molar-refractivity contribution in [1.82, 2.24) is 10.3 Å². The topological polar surface area (TPSA) is 127 Å². The molecule has 180 valence electrons. The van der Waals surface area contributed by atoms with Gasteiger partial charge < -0.3 is 19.9 Å². The molecule has 0 saturated carbocycles. The molecule has 0 spiro atoms. The minimum Gasteiger partial charge on any atom is -0.481 e. The second-order valence-electron chi connectivity index (χ2n) is 7.89. The Morgan fingerprint density at radius 1 is 0.914 bits per heavy atom. The summed E-state index contributed by atoms with van der Waals surface area (Å²) in [4.78, 5) is 39.0. The number of carbonyl (C=O) groups excluding carboxylic acids is 2. The lowest BCUT2D eigenvalue weighted by atomic mass is 9.98. The minimum atomic E-state index is -0.940. The van der Waals surface area contributed by atoms with Gasteiger partial charge in [0.25, 0.3) is 5.91 Å². The van der Waals surface area contributed by atoms with E-state index in [4.69, 9.17) is 14.6 Å². The summed E-state index contributed by atoms with van der Waals surface area (Å²) >= 11 is 0. The number of aliphatic carboxylic acids is 1. The summed E-state index contributed by atoms with van der Waals surface area (Å²) in [5.41, 5.74) is 5.14. The molecule has 9 nitrogen and oxygen atoms in total. The maximum atomic E-state index is 12.4. The van der Waals surface area contributed by atoms with Crippen LogP contribution in [0.5, 0.6) is 0 Å². The zero-order chi connectivity index (χ0) is 24.6. The predicted octanol–water partition coefficient (Wildman–Crippen LogP) is 3.66. The molecule has 35 heavy (non-hydrogen) atoms. The summed E-state index contributed by atoms with van der Waals surface area (Å²) < 4.78 is 10.6. The van der Waals surface area contributed by atoms with Gasteiger partial charge in [0.15, 0.2) is 0 Å². The van der Waals surface area contributed by atoms with E-state index in [2.05, 4.69) is 39.9 Å². The fourth-order valence-corrected chi connectivity index (χ4v) is 3.94. The highest BCUT2D eigenvalue weighted by atomic mass is 16.5. The Morgan fingerprint density at radius 2 is 1.60 bits per heavy atom. The van der Waals surface area contributed by atoms with Gasteiger partial charge in [-0.2, -0.15) is 0 Å². The van der Waals surface area contributed by atoms with E-state index in [0.29, 0.717) is 5.69 Å². The first-order valence-electron chi connectivity index (χ1n) is 11.2. The van der Waals surface area contributed by atoms with Crippen molar-refractivity contribution in [2.45, 2.75) is 12.3 Å². The van der Waals surface area contributed by atoms with Crippen LogP contribution in [0.2, 0.25) is 0 Å². The fourth-order valence-electron chi connectivity index (χ4n) is 3.94. The number of amides is 2. The average molecular weight is 476 g/mol. The number of hydrogen-bond donors (Lipinski definition) is 3. The van der Waals surface area contributed by atoms with Crippen molar-refractivity contribution in [3.63, 3.8) is 0 Å². The molecule has 1 aliphatic rings. The van der Waals surface area contributed by atoms with Crippen molar-refractivity contribution in [1.29, 1.82) is 0 Å². The van der Waals surface area contributed by atoms with E-state index in [1.165, 1.54) is 12.3 Å². The lowest BCUT2D eigenvalue weighted by molar-refractivity contribution is -0.138. The van der Waals surface area contributed by atoms with Gasteiger partial charge in [-0.25, -0.2) is 9.78 Å². The molecule has 1 aromatic heterocycles. The number of fused-ring (bicyclic) bond motifs is 3. The number of aromatic nitrogens is 1. The molecular formula is C26H25N3O6. The van der Waals surface area contributed by atoms with Gasteiger partial charge in [0.1, 0.15) is 12.3 Å². The van der Waals surface area contributed by atoms with Crippen LogP contribution < -0.4 is 10.6 Å². The van der Waals surface area contributed by atoms with Crippen molar-refractivity contribution >= 4 is 23.7 Å². The Labute approximate surface area is 202 Å². The van der Waals surface area contributed by atoms with Crippen LogP contribution in [0, 0.1) is 0 Å². The molecule has 0 radical (unpaired) electrons. The molecule has 0 aliphatic heterocycles. The van der Waals surface area contributed by atoms with E-state index in [-0.39, 0.29) is 44.4 Å². The maximum absolute atomic E-state index is 12.4. The van der Waals surface area contributed by atoms with E-state index in [1.54, 1.807) is 6.07 Å². The number of benzene rings is 2. The highest BCUT2D eigenvalue weighted by Gasteiger charge is 2.29. The normalized spacial score (nSPS) is 11.9. The number of rotatable bonds is 10. The van der Waals surface area contributed by atoms with E-state index in [0.717, 1.165) is 22.3 Å². The number of nitrogens with zero attached hydrogens (tertiary/aromatic N) is 1. The van der Waals surface area contributed by atoms with E-state index < -0.39 is 18.0 Å². The number of pyridine rings is 1. The van der Waals surface area contributed by atoms with Gasteiger partial charge in [-0.15, -0.1) is 0 Å². The quantitative estimate of drug-likeness (QED) is 0.382. The lowest BCUT2D eigenvalue weighted by Crippen LogP contribution is -2.28. The van der Waals surface area contributed by atoms with Crippen LogP contribution >= 0.6 is 0 Å². The van der Waals surface area contributed by atoms with Crippen molar-refractivity contribution in [2.75, 3.05) is 31.7 Å². The lowest BCUT2D eigenvalue weighted by Gasteiger charge is -2.14. The average Bonchev–Trinajstić information content (AvgIpc) is 3.19. The summed E-state index contributed by atoms with van der Waals surface area (Å²) in [5, 5.41) is 13.8. The van der Waals surface area contributed by atoms with Gasteiger partial charge in [-0.3, -0.25) is 14.9 Å². The number of ether oxygens (including phenoxy) is 2. The third-order valence-electron chi connectivity index (χ3n) is 5.58. The number of carboxylic acids is 1. The first-order valence-corrected chi connectivity index (χ1v) is 11.2. The Hall–Kier alpha value is -4.24. The Kier molecular flexibility index (Phi) is 7.69. The first-order chi connectivity index (χ1) is 17.0. The van der Waals surface area contributed by atoms with Crippen LogP contribution in [-0.2, 0) is 14.3 Å². The summed E-state index contributed by atoms with van der Waals surface area (Å²) in [5.74, 6) is -1.38. The van der Waals surface area contributed by atoms with Crippen LogP contribution in [0.1, 0.15) is 34.0 Å². The van der Waals surface area contributed by atoms with Crippen LogP contribution in [0.4, 0.5) is 10.5 Å². The molecule has 1 aliphatic carbocycles. The molecule has 0 bridgehead atoms. The summed E-state index contributed by atoms with van der Waals surface area (Å²) in [6, 6.07) is 19.3. The van der Waals surface area contributed by atoms with Crippen molar-refractivity contribution in [3.05, 3.63) is 83.7 Å². The van der Waals surface area contributed by atoms with E-state index in [9.17, 15) is 14.4 Å². The van der Waals surface area contributed by atoms with E-state index >= 15 is 0 Å². The molecule has 0 unspecified atom stereocenters. The fraction of sp³-hybridized carbons (Fsp3) is 0.231.